The second-order valence-corrected chi connectivity index (χ2v) is 3.76. The van der Waals surface area contributed by atoms with Crippen molar-refractivity contribution in [2.45, 2.75) is 6.54 Å². The maximum Gasteiger partial charge on any atom is 0.362 e. The summed E-state index contributed by atoms with van der Waals surface area (Å²) in [4.78, 5) is 10.9. The fourth-order valence-electron chi connectivity index (χ4n) is 1.65. The Kier molecular flexibility index (Phi) is 3.65. The van der Waals surface area contributed by atoms with Crippen molar-refractivity contribution in [3.63, 3.8) is 0 Å². The molecule has 0 aliphatic carbocycles. The first kappa shape index (κ1) is 12.9. The Hall–Kier alpha value is -2.57. The van der Waals surface area contributed by atoms with Gasteiger partial charge in [0.1, 0.15) is 5.75 Å². The monoisotopic (exact) mass is 263 g/mol. The zero-order valence-corrected chi connectivity index (χ0v) is 10.5. The lowest BCUT2D eigenvalue weighted by atomic mass is 10.2. The number of nitrogens with zero attached hydrogens (tertiary/aromatic N) is 3. The molecule has 0 saturated carbocycles. The van der Waals surface area contributed by atoms with E-state index < -0.39 is 5.97 Å². The molecule has 0 saturated heterocycles. The molecule has 100 valence electrons. The van der Waals surface area contributed by atoms with Crippen LogP contribution >= 0.6 is 0 Å². The summed E-state index contributed by atoms with van der Waals surface area (Å²) in [5.74, 6) is -0.290. The summed E-state index contributed by atoms with van der Waals surface area (Å²) in [6, 6.07) is 7.36. The third-order valence-corrected chi connectivity index (χ3v) is 2.58. The van der Waals surface area contributed by atoms with Gasteiger partial charge in [-0.25, -0.2) is 9.48 Å². The average molecular weight is 263 g/mol. The molecule has 0 bridgehead atoms. The molecule has 7 heteroatoms. The zero-order valence-electron chi connectivity index (χ0n) is 10.5. The number of carboxylic acids is 1. The molecule has 7 nitrogen and oxygen atoms in total. The first-order chi connectivity index (χ1) is 9.15. The van der Waals surface area contributed by atoms with Crippen molar-refractivity contribution in [3.8, 4) is 11.6 Å². The van der Waals surface area contributed by atoms with Gasteiger partial charge in [0.15, 0.2) is 0 Å². The standard InChI is InChI=1S/C12H13N3O4/c1-18-9-5-3-8(4-6-9)7-15-11(19-2)10(12(16)17)13-14-15/h3-6H,7H2,1-2H3,(H,16,17). The number of aromatic carboxylic acids is 1. The van der Waals surface area contributed by atoms with Gasteiger partial charge in [-0.2, -0.15) is 0 Å². The Morgan fingerprint density at radius 3 is 2.47 bits per heavy atom. The largest absolute Gasteiger partial charge is 0.497 e. The molecule has 1 N–H and O–H groups in total. The van der Waals surface area contributed by atoms with Crippen molar-refractivity contribution in [2.75, 3.05) is 14.2 Å². The maximum atomic E-state index is 10.9. The van der Waals surface area contributed by atoms with E-state index in [1.54, 1.807) is 7.11 Å². The number of carboxylic acid groups (broad SMARTS) is 1. The van der Waals surface area contributed by atoms with Crippen LogP contribution in [0, 0.1) is 0 Å². The van der Waals surface area contributed by atoms with Crippen molar-refractivity contribution in [2.24, 2.45) is 0 Å². The van der Waals surface area contributed by atoms with E-state index in [1.165, 1.54) is 11.8 Å². The second kappa shape index (κ2) is 5.38. The fraction of sp³-hybridized carbons (Fsp3) is 0.250. The Balaban J connectivity index is 2.25. The van der Waals surface area contributed by atoms with Crippen molar-refractivity contribution in [1.82, 2.24) is 15.0 Å². The number of hydrogen-bond acceptors (Lipinski definition) is 5. The van der Waals surface area contributed by atoms with E-state index >= 15 is 0 Å². The summed E-state index contributed by atoms with van der Waals surface area (Å²) in [5.41, 5.74) is 0.733. The second-order valence-electron chi connectivity index (χ2n) is 3.76. The molecule has 0 fully saturated rings. The SMILES string of the molecule is COc1ccc(Cn2nnc(C(=O)O)c2OC)cc1. The first-order valence-corrected chi connectivity index (χ1v) is 5.49. The van der Waals surface area contributed by atoms with E-state index in [1.807, 2.05) is 24.3 Å². The summed E-state index contributed by atoms with van der Waals surface area (Å²) in [5, 5.41) is 16.3. The highest BCUT2D eigenvalue weighted by Crippen LogP contribution is 2.18. The van der Waals surface area contributed by atoms with Gasteiger partial charge < -0.3 is 14.6 Å². The van der Waals surface area contributed by atoms with E-state index in [9.17, 15) is 4.79 Å². The van der Waals surface area contributed by atoms with Gasteiger partial charge in [0.05, 0.1) is 20.8 Å². The lowest BCUT2D eigenvalue weighted by molar-refractivity contribution is 0.0686. The van der Waals surface area contributed by atoms with E-state index in [4.69, 9.17) is 14.6 Å². The third-order valence-electron chi connectivity index (χ3n) is 2.58. The molecule has 1 aromatic carbocycles. The molecule has 0 spiro atoms. The van der Waals surface area contributed by atoms with Crippen LogP contribution in [0.4, 0.5) is 0 Å². The quantitative estimate of drug-likeness (QED) is 0.867. The molecule has 0 radical (unpaired) electrons. The maximum absolute atomic E-state index is 10.9. The molecule has 0 unspecified atom stereocenters. The molecule has 0 amide bonds. The van der Waals surface area contributed by atoms with Gasteiger partial charge in [-0.05, 0) is 17.7 Å². The molecule has 19 heavy (non-hydrogen) atoms. The Morgan fingerprint density at radius 1 is 1.26 bits per heavy atom. The minimum absolute atomic E-state index is 0.128. The van der Waals surface area contributed by atoms with Gasteiger partial charge >= 0.3 is 5.97 Å². The first-order valence-electron chi connectivity index (χ1n) is 5.49. The summed E-state index contributed by atoms with van der Waals surface area (Å²) in [7, 11) is 2.98. The molecular weight excluding hydrogens is 250 g/mol. The number of carbonyl (C=O) groups is 1. The summed E-state index contributed by atoms with van der Waals surface area (Å²) in [6.45, 7) is 0.368. The molecule has 0 atom stereocenters. The topological polar surface area (TPSA) is 86.5 Å². The highest BCUT2D eigenvalue weighted by molar-refractivity contribution is 5.87. The Bertz CT molecular complexity index is 577. The van der Waals surface area contributed by atoms with E-state index in [0.29, 0.717) is 6.54 Å². The van der Waals surface area contributed by atoms with Crippen molar-refractivity contribution in [3.05, 3.63) is 35.5 Å². The van der Waals surface area contributed by atoms with E-state index in [-0.39, 0.29) is 11.6 Å². The number of ether oxygens (including phenoxy) is 2. The number of hydrogen-bond donors (Lipinski definition) is 1. The van der Waals surface area contributed by atoms with Crippen LogP contribution in [0.15, 0.2) is 24.3 Å². The Labute approximate surface area is 109 Å². The molecule has 1 aromatic heterocycles. The molecule has 2 rings (SSSR count). The van der Waals surface area contributed by atoms with Crippen molar-refractivity contribution >= 4 is 5.97 Å². The van der Waals surface area contributed by atoms with Gasteiger partial charge in [-0.15, -0.1) is 5.10 Å². The number of rotatable bonds is 5. The molecule has 0 aliphatic rings. The van der Waals surface area contributed by atoms with Crippen LogP contribution in [0.5, 0.6) is 11.6 Å². The lowest BCUT2D eigenvalue weighted by Gasteiger charge is -2.06. The minimum Gasteiger partial charge on any atom is -0.497 e. The summed E-state index contributed by atoms with van der Waals surface area (Å²) in [6.07, 6.45) is 0. The van der Waals surface area contributed by atoms with Crippen LogP contribution in [0.1, 0.15) is 16.1 Å². The lowest BCUT2D eigenvalue weighted by Crippen LogP contribution is -2.06. The number of methoxy groups -OCH3 is 2. The average Bonchev–Trinajstić information content (AvgIpc) is 2.82. The van der Waals surface area contributed by atoms with Gasteiger partial charge in [0, 0.05) is 0 Å². The van der Waals surface area contributed by atoms with Gasteiger partial charge in [-0.1, -0.05) is 17.3 Å². The predicted octanol–water partition coefficient (Wildman–Crippen LogP) is 1.04. The van der Waals surface area contributed by atoms with Crippen LogP contribution in [0.3, 0.4) is 0 Å². The van der Waals surface area contributed by atoms with Crippen molar-refractivity contribution in [1.29, 1.82) is 0 Å². The van der Waals surface area contributed by atoms with Gasteiger partial charge in [0.2, 0.25) is 11.6 Å². The summed E-state index contributed by atoms with van der Waals surface area (Å²) < 4.78 is 11.5. The molecule has 0 aliphatic heterocycles. The smallest absolute Gasteiger partial charge is 0.362 e. The molecular formula is C12H13N3O4. The van der Waals surface area contributed by atoms with Gasteiger partial charge in [0.25, 0.3) is 0 Å². The summed E-state index contributed by atoms with van der Waals surface area (Å²) >= 11 is 0. The van der Waals surface area contributed by atoms with E-state index in [0.717, 1.165) is 11.3 Å². The molecule has 1 heterocycles. The number of aromatic nitrogens is 3. The van der Waals surface area contributed by atoms with E-state index in [2.05, 4.69) is 10.3 Å². The third kappa shape index (κ3) is 2.65. The Morgan fingerprint density at radius 2 is 1.95 bits per heavy atom. The molecule has 2 aromatic rings. The highest BCUT2D eigenvalue weighted by atomic mass is 16.5. The predicted molar refractivity (Wildman–Crippen MR) is 65.6 cm³/mol. The normalized spacial score (nSPS) is 10.2. The number of benzene rings is 1. The van der Waals surface area contributed by atoms with Crippen molar-refractivity contribution < 1.29 is 19.4 Å². The fourth-order valence-corrected chi connectivity index (χ4v) is 1.65. The van der Waals surface area contributed by atoms with Gasteiger partial charge in [-0.3, -0.25) is 0 Å². The van der Waals surface area contributed by atoms with Crippen LogP contribution < -0.4 is 9.47 Å². The minimum atomic E-state index is -1.17. The zero-order chi connectivity index (χ0) is 13.8. The van der Waals surface area contributed by atoms with Crippen LogP contribution in [-0.4, -0.2) is 40.3 Å². The van der Waals surface area contributed by atoms with Crippen LogP contribution in [-0.2, 0) is 6.54 Å². The highest BCUT2D eigenvalue weighted by Gasteiger charge is 2.19. The van der Waals surface area contributed by atoms with Crippen LogP contribution in [0.2, 0.25) is 0 Å². The van der Waals surface area contributed by atoms with Crippen LogP contribution in [0.25, 0.3) is 0 Å².